The van der Waals surface area contributed by atoms with E-state index >= 15 is 0 Å². The number of amides is 1. The van der Waals surface area contributed by atoms with Crippen LogP contribution >= 0.6 is 0 Å². The van der Waals surface area contributed by atoms with Crippen LogP contribution in [0.5, 0.6) is 0 Å². The maximum atomic E-state index is 12.7. The number of carbonyl (C=O) groups excluding carboxylic acids is 1. The van der Waals surface area contributed by atoms with Crippen LogP contribution in [0.15, 0.2) is 0 Å². The quantitative estimate of drug-likeness (QED) is 0.845. The minimum Gasteiger partial charge on any atom is -0.342 e. The summed E-state index contributed by atoms with van der Waals surface area (Å²) in [5.41, 5.74) is 0. The van der Waals surface area contributed by atoms with E-state index in [0.29, 0.717) is 18.5 Å². The Labute approximate surface area is 130 Å². The molecule has 0 radical (unpaired) electrons. The molecule has 2 aliphatic heterocycles. The number of nitrogens with zero attached hydrogens (tertiary/aromatic N) is 2. The van der Waals surface area contributed by atoms with Gasteiger partial charge in [-0.1, -0.05) is 26.2 Å². The van der Waals surface area contributed by atoms with Crippen LogP contribution in [-0.2, 0) is 4.79 Å². The highest BCUT2D eigenvalue weighted by Crippen LogP contribution is 2.15. The monoisotopic (exact) mass is 295 g/mol. The standard InChI is InChI=1S/C17H33N3O/c1-2-12-20(16-8-10-18-11-9-16)15-17(21)19-13-6-4-3-5-7-14-19/h16,18H,2-15H2,1H3. The molecular weight excluding hydrogens is 262 g/mol. The van der Waals surface area contributed by atoms with Gasteiger partial charge in [-0.2, -0.15) is 0 Å². The van der Waals surface area contributed by atoms with E-state index in [1.165, 1.54) is 44.9 Å². The Morgan fingerprint density at radius 1 is 1.10 bits per heavy atom. The molecule has 0 spiro atoms. The first-order valence-corrected chi connectivity index (χ1v) is 9.04. The van der Waals surface area contributed by atoms with Gasteiger partial charge in [-0.3, -0.25) is 9.69 Å². The molecule has 0 atom stereocenters. The van der Waals surface area contributed by atoms with Crippen LogP contribution in [0.4, 0.5) is 0 Å². The number of carbonyl (C=O) groups is 1. The van der Waals surface area contributed by atoms with E-state index < -0.39 is 0 Å². The van der Waals surface area contributed by atoms with Crippen LogP contribution in [0.3, 0.4) is 0 Å². The van der Waals surface area contributed by atoms with Crippen molar-refractivity contribution in [1.29, 1.82) is 0 Å². The molecule has 0 aromatic carbocycles. The molecule has 0 aromatic rings. The van der Waals surface area contributed by atoms with Crippen molar-refractivity contribution in [2.75, 3.05) is 39.3 Å². The van der Waals surface area contributed by atoms with E-state index in [9.17, 15) is 4.79 Å². The van der Waals surface area contributed by atoms with Gasteiger partial charge in [0, 0.05) is 19.1 Å². The van der Waals surface area contributed by atoms with Gasteiger partial charge in [-0.15, -0.1) is 0 Å². The first kappa shape index (κ1) is 16.8. The molecule has 2 heterocycles. The molecule has 0 bridgehead atoms. The largest absolute Gasteiger partial charge is 0.342 e. The molecule has 0 unspecified atom stereocenters. The van der Waals surface area contributed by atoms with E-state index in [2.05, 4.69) is 22.0 Å². The lowest BCUT2D eigenvalue weighted by Gasteiger charge is -2.35. The van der Waals surface area contributed by atoms with Gasteiger partial charge in [0.15, 0.2) is 0 Å². The molecule has 4 nitrogen and oxygen atoms in total. The third-order valence-electron chi connectivity index (χ3n) is 4.88. The molecule has 2 fully saturated rings. The van der Waals surface area contributed by atoms with Gasteiger partial charge in [-0.25, -0.2) is 0 Å². The fourth-order valence-electron chi connectivity index (χ4n) is 3.62. The Hall–Kier alpha value is -0.610. The van der Waals surface area contributed by atoms with E-state index in [0.717, 1.165) is 39.1 Å². The van der Waals surface area contributed by atoms with Gasteiger partial charge in [0.05, 0.1) is 6.54 Å². The number of nitrogens with one attached hydrogen (secondary N) is 1. The number of rotatable bonds is 5. The molecule has 122 valence electrons. The highest BCUT2D eigenvalue weighted by molar-refractivity contribution is 5.78. The molecule has 2 rings (SSSR count). The predicted molar refractivity (Wildman–Crippen MR) is 87.4 cm³/mol. The van der Waals surface area contributed by atoms with Crippen molar-refractivity contribution < 1.29 is 4.79 Å². The fraction of sp³-hybridized carbons (Fsp3) is 0.941. The minimum atomic E-state index is 0.365. The Bertz CT molecular complexity index is 294. The lowest BCUT2D eigenvalue weighted by atomic mass is 10.0. The highest BCUT2D eigenvalue weighted by atomic mass is 16.2. The first-order valence-electron chi connectivity index (χ1n) is 9.04. The Kier molecular flexibility index (Phi) is 7.51. The van der Waals surface area contributed by atoms with Gasteiger partial charge in [0.2, 0.25) is 5.91 Å². The summed E-state index contributed by atoms with van der Waals surface area (Å²) in [6, 6.07) is 0.602. The summed E-state index contributed by atoms with van der Waals surface area (Å²) in [5.74, 6) is 0.365. The second kappa shape index (κ2) is 9.42. The highest BCUT2D eigenvalue weighted by Gasteiger charge is 2.24. The molecule has 1 N–H and O–H groups in total. The number of hydrogen-bond donors (Lipinski definition) is 1. The summed E-state index contributed by atoms with van der Waals surface area (Å²) in [6.07, 6.45) is 9.81. The predicted octanol–water partition coefficient (Wildman–Crippen LogP) is 2.24. The number of piperidine rings is 1. The molecule has 0 aliphatic carbocycles. The third kappa shape index (κ3) is 5.59. The Morgan fingerprint density at radius 3 is 2.33 bits per heavy atom. The fourth-order valence-corrected chi connectivity index (χ4v) is 3.62. The SMILES string of the molecule is CCCN(CC(=O)N1CCCCCCC1)C1CCNCC1. The van der Waals surface area contributed by atoms with Crippen LogP contribution < -0.4 is 5.32 Å². The molecule has 21 heavy (non-hydrogen) atoms. The lowest BCUT2D eigenvalue weighted by Crippen LogP contribution is -2.48. The van der Waals surface area contributed by atoms with Gasteiger partial charge in [0.25, 0.3) is 0 Å². The van der Waals surface area contributed by atoms with Crippen molar-refractivity contribution in [3.63, 3.8) is 0 Å². The summed E-state index contributed by atoms with van der Waals surface area (Å²) >= 11 is 0. The third-order valence-corrected chi connectivity index (χ3v) is 4.88. The minimum absolute atomic E-state index is 0.365. The smallest absolute Gasteiger partial charge is 0.236 e. The average molecular weight is 295 g/mol. The molecule has 2 aliphatic rings. The normalized spacial score (nSPS) is 22.1. The zero-order valence-corrected chi connectivity index (χ0v) is 13.8. The van der Waals surface area contributed by atoms with Crippen molar-refractivity contribution in [1.82, 2.24) is 15.1 Å². The summed E-state index contributed by atoms with van der Waals surface area (Å²) in [5, 5.41) is 3.42. The lowest BCUT2D eigenvalue weighted by molar-refractivity contribution is -0.133. The van der Waals surface area contributed by atoms with Crippen LogP contribution in [-0.4, -0.2) is 61.0 Å². The maximum absolute atomic E-state index is 12.7. The Balaban J connectivity index is 1.86. The topological polar surface area (TPSA) is 35.6 Å². The van der Waals surface area contributed by atoms with Crippen LogP contribution in [0.1, 0.15) is 58.3 Å². The first-order chi connectivity index (χ1) is 10.3. The van der Waals surface area contributed by atoms with Gasteiger partial charge in [0.1, 0.15) is 0 Å². The van der Waals surface area contributed by atoms with Gasteiger partial charge in [-0.05, 0) is 51.7 Å². The average Bonchev–Trinajstić information content (AvgIpc) is 2.47. The summed E-state index contributed by atoms with van der Waals surface area (Å²) in [4.78, 5) is 17.2. The maximum Gasteiger partial charge on any atom is 0.236 e. The van der Waals surface area contributed by atoms with Crippen molar-refractivity contribution in [2.45, 2.75) is 64.3 Å². The van der Waals surface area contributed by atoms with E-state index in [1.54, 1.807) is 0 Å². The van der Waals surface area contributed by atoms with Gasteiger partial charge >= 0.3 is 0 Å². The van der Waals surface area contributed by atoms with Crippen molar-refractivity contribution in [3.8, 4) is 0 Å². The van der Waals surface area contributed by atoms with Crippen molar-refractivity contribution in [2.24, 2.45) is 0 Å². The number of hydrogen-bond acceptors (Lipinski definition) is 3. The van der Waals surface area contributed by atoms with Crippen LogP contribution in [0.25, 0.3) is 0 Å². The number of likely N-dealkylation sites (tertiary alicyclic amines) is 1. The van der Waals surface area contributed by atoms with E-state index in [-0.39, 0.29) is 0 Å². The van der Waals surface area contributed by atoms with Crippen molar-refractivity contribution in [3.05, 3.63) is 0 Å². The van der Waals surface area contributed by atoms with E-state index in [1.807, 2.05) is 0 Å². The molecular formula is C17H33N3O. The second-order valence-electron chi connectivity index (χ2n) is 6.60. The van der Waals surface area contributed by atoms with E-state index in [4.69, 9.17) is 0 Å². The van der Waals surface area contributed by atoms with Crippen LogP contribution in [0.2, 0.25) is 0 Å². The molecule has 1 amide bonds. The summed E-state index contributed by atoms with van der Waals surface area (Å²) in [7, 11) is 0. The zero-order valence-electron chi connectivity index (χ0n) is 13.8. The molecule has 0 aromatic heterocycles. The molecule has 4 heteroatoms. The summed E-state index contributed by atoms with van der Waals surface area (Å²) in [6.45, 7) is 8.07. The van der Waals surface area contributed by atoms with Crippen molar-refractivity contribution >= 4 is 5.91 Å². The summed E-state index contributed by atoms with van der Waals surface area (Å²) < 4.78 is 0. The van der Waals surface area contributed by atoms with Crippen LogP contribution in [0, 0.1) is 0 Å². The zero-order chi connectivity index (χ0) is 14.9. The molecule has 0 saturated carbocycles. The Morgan fingerprint density at radius 2 is 1.71 bits per heavy atom. The van der Waals surface area contributed by atoms with Gasteiger partial charge < -0.3 is 10.2 Å². The molecule has 2 saturated heterocycles. The second-order valence-corrected chi connectivity index (χ2v) is 6.60.